The van der Waals surface area contributed by atoms with E-state index in [1.54, 1.807) is 30.3 Å². The summed E-state index contributed by atoms with van der Waals surface area (Å²) in [5, 5.41) is 11.1. The van der Waals surface area contributed by atoms with E-state index in [-0.39, 0.29) is 11.3 Å². The van der Waals surface area contributed by atoms with Gasteiger partial charge in [0.25, 0.3) is 11.7 Å². The minimum Gasteiger partial charge on any atom is -0.507 e. The molecule has 1 aromatic heterocycles. The molecular formula is C24H29N3O5. The number of ketones is 1. The van der Waals surface area contributed by atoms with Gasteiger partial charge in [0.05, 0.1) is 25.8 Å². The SMILES string of the molecule is CCN(CC)CCN1C(=O)C(=O)/C(=C(/O)c2ccncc2)C1c1cccc(OC)c1OC. The number of benzene rings is 1. The minimum absolute atomic E-state index is 0.0206. The second kappa shape index (κ2) is 10.3. The number of Topliss-reactive ketones (excluding diaryl/α,β-unsaturated/α-hetero) is 1. The Morgan fingerprint density at radius 1 is 1.09 bits per heavy atom. The number of aliphatic hydroxyl groups is 1. The van der Waals surface area contributed by atoms with Gasteiger partial charge in [-0.3, -0.25) is 14.6 Å². The van der Waals surface area contributed by atoms with Crippen LogP contribution in [0.25, 0.3) is 5.76 Å². The normalized spacial score (nSPS) is 17.8. The topological polar surface area (TPSA) is 92.2 Å². The molecule has 8 nitrogen and oxygen atoms in total. The first-order chi connectivity index (χ1) is 15.5. The van der Waals surface area contributed by atoms with Crippen molar-refractivity contribution in [1.82, 2.24) is 14.8 Å². The maximum atomic E-state index is 13.1. The van der Waals surface area contributed by atoms with Crippen molar-refractivity contribution >= 4 is 17.4 Å². The van der Waals surface area contributed by atoms with E-state index in [4.69, 9.17) is 9.47 Å². The quantitative estimate of drug-likeness (QED) is 0.365. The van der Waals surface area contributed by atoms with Crippen molar-refractivity contribution in [3.05, 3.63) is 59.4 Å². The summed E-state index contributed by atoms with van der Waals surface area (Å²) < 4.78 is 11.0. The Bertz CT molecular complexity index is 1000. The Morgan fingerprint density at radius 2 is 1.78 bits per heavy atom. The maximum absolute atomic E-state index is 13.1. The smallest absolute Gasteiger partial charge is 0.295 e. The van der Waals surface area contributed by atoms with Crippen molar-refractivity contribution in [2.24, 2.45) is 0 Å². The number of pyridine rings is 1. The van der Waals surface area contributed by atoms with Gasteiger partial charge in [0.15, 0.2) is 11.5 Å². The molecule has 1 saturated heterocycles. The lowest BCUT2D eigenvalue weighted by Gasteiger charge is -2.29. The molecule has 1 aliphatic rings. The highest BCUT2D eigenvalue weighted by Gasteiger charge is 2.47. The Hall–Kier alpha value is -3.39. The third-order valence-electron chi connectivity index (χ3n) is 5.77. The summed E-state index contributed by atoms with van der Waals surface area (Å²) in [5.74, 6) is -0.735. The summed E-state index contributed by atoms with van der Waals surface area (Å²) in [6.07, 6.45) is 3.04. The summed E-state index contributed by atoms with van der Waals surface area (Å²) in [6, 6.07) is 7.67. The van der Waals surface area contributed by atoms with Gasteiger partial charge in [-0.05, 0) is 31.3 Å². The molecule has 0 saturated carbocycles. The number of carbonyl (C=O) groups excluding carboxylic acids is 2. The molecule has 8 heteroatoms. The molecule has 32 heavy (non-hydrogen) atoms. The van der Waals surface area contributed by atoms with Crippen LogP contribution in [0.2, 0.25) is 0 Å². The second-order valence-electron chi connectivity index (χ2n) is 7.34. The van der Waals surface area contributed by atoms with Crippen LogP contribution in [0, 0.1) is 0 Å². The van der Waals surface area contributed by atoms with E-state index < -0.39 is 17.7 Å². The van der Waals surface area contributed by atoms with Crippen LogP contribution in [0.1, 0.15) is 31.0 Å². The molecule has 2 heterocycles. The molecule has 1 atom stereocenters. The van der Waals surface area contributed by atoms with E-state index >= 15 is 0 Å². The van der Waals surface area contributed by atoms with E-state index in [2.05, 4.69) is 9.88 Å². The van der Waals surface area contributed by atoms with Crippen molar-refractivity contribution in [3.63, 3.8) is 0 Å². The standard InChI is InChI=1S/C24H29N3O5/c1-5-26(6-2)14-15-27-20(17-8-7-9-18(31-3)23(17)32-4)19(22(29)24(27)30)21(28)16-10-12-25-13-11-16/h7-13,20,28H,5-6,14-15H2,1-4H3/b21-19+. The number of methoxy groups -OCH3 is 2. The Kier molecular flexibility index (Phi) is 7.48. The lowest BCUT2D eigenvalue weighted by molar-refractivity contribution is -0.140. The minimum atomic E-state index is -0.816. The average Bonchev–Trinajstić information content (AvgIpc) is 3.08. The number of likely N-dealkylation sites (tertiary alicyclic amines) is 1. The molecule has 0 aliphatic carbocycles. The predicted molar refractivity (Wildman–Crippen MR) is 121 cm³/mol. The highest BCUT2D eigenvalue weighted by atomic mass is 16.5. The fourth-order valence-electron chi connectivity index (χ4n) is 4.02. The zero-order valence-electron chi connectivity index (χ0n) is 18.9. The van der Waals surface area contributed by atoms with Crippen molar-refractivity contribution < 1.29 is 24.2 Å². The zero-order chi connectivity index (χ0) is 23.3. The molecule has 0 spiro atoms. The van der Waals surface area contributed by atoms with Gasteiger partial charge in [0.1, 0.15) is 5.76 Å². The lowest BCUT2D eigenvalue weighted by Crippen LogP contribution is -2.38. The van der Waals surface area contributed by atoms with Crippen LogP contribution in [0.3, 0.4) is 0 Å². The van der Waals surface area contributed by atoms with Gasteiger partial charge in [0.2, 0.25) is 0 Å². The number of amides is 1. The fraction of sp³-hybridized carbons (Fsp3) is 0.375. The molecule has 3 rings (SSSR count). The van der Waals surface area contributed by atoms with Crippen molar-refractivity contribution in [2.75, 3.05) is 40.4 Å². The van der Waals surface area contributed by atoms with Gasteiger partial charge in [-0.2, -0.15) is 0 Å². The van der Waals surface area contributed by atoms with E-state index in [0.29, 0.717) is 35.7 Å². The fourth-order valence-corrected chi connectivity index (χ4v) is 4.02. The van der Waals surface area contributed by atoms with E-state index in [1.165, 1.54) is 31.5 Å². The number of nitrogens with zero attached hydrogens (tertiary/aromatic N) is 3. The first-order valence-electron chi connectivity index (χ1n) is 10.6. The number of aliphatic hydroxyl groups excluding tert-OH is 1. The third kappa shape index (κ3) is 4.31. The highest BCUT2D eigenvalue weighted by molar-refractivity contribution is 6.46. The number of ether oxygens (including phenoxy) is 2. The first kappa shape index (κ1) is 23.3. The maximum Gasteiger partial charge on any atom is 0.295 e. The molecule has 1 fully saturated rings. The number of para-hydroxylation sites is 1. The predicted octanol–water partition coefficient (Wildman–Crippen LogP) is 2.86. The van der Waals surface area contributed by atoms with Crippen LogP contribution in [0.4, 0.5) is 0 Å². The summed E-state index contributed by atoms with van der Waals surface area (Å²) in [6.45, 7) is 6.66. The number of rotatable bonds is 9. The largest absolute Gasteiger partial charge is 0.507 e. The molecule has 1 N–H and O–H groups in total. The van der Waals surface area contributed by atoms with Crippen LogP contribution in [0.5, 0.6) is 11.5 Å². The zero-order valence-corrected chi connectivity index (χ0v) is 18.9. The molecule has 0 bridgehead atoms. The molecule has 0 radical (unpaired) electrons. The number of aromatic nitrogens is 1. The highest BCUT2D eigenvalue weighted by Crippen LogP contribution is 2.45. The van der Waals surface area contributed by atoms with Gasteiger partial charge in [-0.15, -0.1) is 0 Å². The average molecular weight is 440 g/mol. The lowest BCUT2D eigenvalue weighted by atomic mass is 9.94. The van der Waals surface area contributed by atoms with Crippen LogP contribution in [0.15, 0.2) is 48.3 Å². The van der Waals surface area contributed by atoms with Crippen LogP contribution in [-0.4, -0.2) is 72.0 Å². The Balaban J connectivity index is 2.19. The summed E-state index contributed by atoms with van der Waals surface area (Å²) >= 11 is 0. The summed E-state index contributed by atoms with van der Waals surface area (Å²) in [5.41, 5.74) is 1.00. The molecular weight excluding hydrogens is 410 g/mol. The van der Waals surface area contributed by atoms with E-state index in [1.807, 2.05) is 13.8 Å². The van der Waals surface area contributed by atoms with Crippen molar-refractivity contribution in [3.8, 4) is 11.5 Å². The van der Waals surface area contributed by atoms with Gasteiger partial charge in [-0.25, -0.2) is 0 Å². The molecule has 1 amide bonds. The molecule has 1 unspecified atom stereocenters. The Morgan fingerprint density at radius 3 is 2.38 bits per heavy atom. The van der Waals surface area contributed by atoms with Crippen LogP contribution in [-0.2, 0) is 9.59 Å². The molecule has 1 aromatic carbocycles. The molecule has 2 aromatic rings. The van der Waals surface area contributed by atoms with Crippen LogP contribution < -0.4 is 9.47 Å². The monoisotopic (exact) mass is 439 g/mol. The summed E-state index contributed by atoms with van der Waals surface area (Å²) in [7, 11) is 3.03. The van der Waals surface area contributed by atoms with Crippen molar-refractivity contribution in [1.29, 1.82) is 0 Å². The Labute approximate surface area is 188 Å². The van der Waals surface area contributed by atoms with Crippen molar-refractivity contribution in [2.45, 2.75) is 19.9 Å². The second-order valence-corrected chi connectivity index (χ2v) is 7.34. The van der Waals surface area contributed by atoms with E-state index in [9.17, 15) is 14.7 Å². The number of carbonyl (C=O) groups is 2. The van der Waals surface area contributed by atoms with Gasteiger partial charge >= 0.3 is 0 Å². The van der Waals surface area contributed by atoms with Gasteiger partial charge in [0, 0.05) is 36.6 Å². The van der Waals surface area contributed by atoms with Gasteiger partial charge in [-0.1, -0.05) is 26.0 Å². The summed E-state index contributed by atoms with van der Waals surface area (Å²) in [4.78, 5) is 33.9. The first-order valence-corrected chi connectivity index (χ1v) is 10.6. The van der Waals surface area contributed by atoms with E-state index in [0.717, 1.165) is 13.1 Å². The van der Waals surface area contributed by atoms with Crippen LogP contribution >= 0.6 is 0 Å². The molecule has 1 aliphatic heterocycles. The van der Waals surface area contributed by atoms with Gasteiger partial charge < -0.3 is 24.4 Å². The third-order valence-corrected chi connectivity index (χ3v) is 5.77. The molecule has 170 valence electrons. The number of hydrogen-bond donors (Lipinski definition) is 1. The number of hydrogen-bond acceptors (Lipinski definition) is 7. The number of likely N-dealkylation sites (N-methyl/N-ethyl adjacent to an activating group) is 1.